The van der Waals surface area contributed by atoms with E-state index in [1.807, 2.05) is 11.4 Å². The first kappa shape index (κ1) is 9.86. The number of hydrogen-bond acceptors (Lipinski definition) is 3. The van der Waals surface area contributed by atoms with Crippen LogP contribution in [0.3, 0.4) is 0 Å². The molecule has 5 heteroatoms. The normalized spacial score (nSPS) is 19.4. The highest BCUT2D eigenvalue weighted by Crippen LogP contribution is 2.24. The van der Waals surface area contributed by atoms with Gasteiger partial charge in [-0.25, -0.2) is 0 Å². The largest absolute Gasteiger partial charge is 0.308 e. The maximum absolute atomic E-state index is 11.5. The summed E-state index contributed by atoms with van der Waals surface area (Å²) in [6.45, 7) is 3.61. The summed E-state index contributed by atoms with van der Waals surface area (Å²) >= 11 is 4.92. The summed E-state index contributed by atoms with van der Waals surface area (Å²) in [4.78, 5) is 16.8. The first-order chi connectivity index (χ1) is 6.49. The fourth-order valence-electron chi connectivity index (χ4n) is 1.17. The second-order valence-corrected chi connectivity index (χ2v) is 5.43. The van der Waals surface area contributed by atoms with E-state index in [0.29, 0.717) is 5.84 Å². The van der Waals surface area contributed by atoms with Crippen molar-refractivity contribution in [2.24, 2.45) is 4.99 Å². The Bertz CT molecular complexity index is 422. The van der Waals surface area contributed by atoms with Crippen LogP contribution in [0.2, 0.25) is 0 Å². The van der Waals surface area contributed by atoms with Crippen molar-refractivity contribution in [1.29, 1.82) is 0 Å². The summed E-state index contributed by atoms with van der Waals surface area (Å²) in [6.07, 6.45) is 0. The van der Waals surface area contributed by atoms with E-state index in [0.717, 1.165) is 9.35 Å². The molecular formula is C9H9BrN2OS. The van der Waals surface area contributed by atoms with Crippen LogP contribution in [0.1, 0.15) is 18.7 Å². The molecule has 1 N–H and O–H groups in total. The summed E-state index contributed by atoms with van der Waals surface area (Å²) in [6, 6.07) is 1.95. The van der Waals surface area contributed by atoms with Crippen LogP contribution in [0.4, 0.5) is 0 Å². The van der Waals surface area contributed by atoms with E-state index < -0.39 is 5.54 Å². The van der Waals surface area contributed by atoms with Gasteiger partial charge in [0.05, 0.1) is 4.88 Å². The van der Waals surface area contributed by atoms with E-state index in [2.05, 4.69) is 26.2 Å². The van der Waals surface area contributed by atoms with Crippen molar-refractivity contribution < 1.29 is 4.79 Å². The lowest BCUT2D eigenvalue weighted by atomic mass is 10.1. The van der Waals surface area contributed by atoms with Crippen LogP contribution in [0.25, 0.3) is 0 Å². The van der Waals surface area contributed by atoms with Gasteiger partial charge in [0.1, 0.15) is 11.4 Å². The molecule has 0 spiro atoms. The highest BCUT2D eigenvalue weighted by atomic mass is 79.9. The summed E-state index contributed by atoms with van der Waals surface area (Å²) in [7, 11) is 0. The van der Waals surface area contributed by atoms with Crippen molar-refractivity contribution in [3.8, 4) is 0 Å². The van der Waals surface area contributed by atoms with Gasteiger partial charge < -0.3 is 5.32 Å². The van der Waals surface area contributed by atoms with Gasteiger partial charge in [0.15, 0.2) is 0 Å². The smallest absolute Gasteiger partial charge is 0.252 e. The monoisotopic (exact) mass is 272 g/mol. The maximum atomic E-state index is 11.5. The number of aliphatic imine (C=N–C) groups is 1. The number of carbonyl (C=O) groups is 1. The number of nitrogens with one attached hydrogen (secondary N) is 1. The zero-order valence-corrected chi connectivity index (χ0v) is 10.2. The molecule has 14 heavy (non-hydrogen) atoms. The third kappa shape index (κ3) is 1.62. The van der Waals surface area contributed by atoms with Crippen molar-refractivity contribution in [1.82, 2.24) is 5.32 Å². The summed E-state index contributed by atoms with van der Waals surface area (Å²) < 4.78 is 1.01. The molecule has 0 saturated heterocycles. The molecule has 0 unspecified atom stereocenters. The van der Waals surface area contributed by atoms with Crippen molar-refractivity contribution in [2.75, 3.05) is 0 Å². The highest BCUT2D eigenvalue weighted by Gasteiger charge is 2.34. The molecule has 1 aromatic rings. The van der Waals surface area contributed by atoms with Crippen LogP contribution in [0, 0.1) is 0 Å². The highest BCUT2D eigenvalue weighted by molar-refractivity contribution is 9.10. The van der Waals surface area contributed by atoms with Gasteiger partial charge in [0.2, 0.25) is 0 Å². The number of amidine groups is 1. The Morgan fingerprint density at radius 2 is 2.29 bits per heavy atom. The Morgan fingerprint density at radius 1 is 1.57 bits per heavy atom. The standard InChI is InChI=1S/C9H9BrN2OS/c1-9(2)8(13)11-7(12-9)6-3-5(10)4-14-6/h3-4H,1-2H3,(H,11,12,13). The van der Waals surface area contributed by atoms with Gasteiger partial charge >= 0.3 is 0 Å². The average Bonchev–Trinajstić information content (AvgIpc) is 2.58. The van der Waals surface area contributed by atoms with E-state index in [1.54, 1.807) is 25.2 Å². The average molecular weight is 273 g/mol. The first-order valence-corrected chi connectivity index (χ1v) is 5.82. The Morgan fingerprint density at radius 3 is 2.71 bits per heavy atom. The lowest BCUT2D eigenvalue weighted by molar-refractivity contribution is -0.122. The van der Waals surface area contributed by atoms with E-state index in [4.69, 9.17) is 0 Å². The van der Waals surface area contributed by atoms with Gasteiger partial charge in [-0.3, -0.25) is 9.79 Å². The third-order valence-electron chi connectivity index (χ3n) is 1.98. The molecule has 3 nitrogen and oxygen atoms in total. The predicted octanol–water partition coefficient (Wildman–Crippen LogP) is 2.17. The quantitative estimate of drug-likeness (QED) is 0.837. The topological polar surface area (TPSA) is 41.5 Å². The molecule has 1 aliphatic rings. The molecule has 0 saturated carbocycles. The number of hydrogen-bond donors (Lipinski definition) is 1. The minimum atomic E-state index is -0.633. The molecule has 1 aromatic heterocycles. The van der Waals surface area contributed by atoms with Crippen molar-refractivity contribution in [3.05, 3.63) is 20.8 Å². The Labute approximate surface area is 94.4 Å². The Hall–Kier alpha value is -0.680. The molecule has 1 aliphatic heterocycles. The number of thiophene rings is 1. The van der Waals surface area contributed by atoms with Gasteiger partial charge in [-0.05, 0) is 35.8 Å². The van der Waals surface area contributed by atoms with E-state index in [-0.39, 0.29) is 5.91 Å². The second kappa shape index (κ2) is 3.17. The van der Waals surface area contributed by atoms with E-state index in [1.165, 1.54) is 0 Å². The van der Waals surface area contributed by atoms with Gasteiger partial charge in [-0.15, -0.1) is 11.3 Å². The molecule has 0 atom stereocenters. The lowest BCUT2D eigenvalue weighted by Crippen LogP contribution is -2.34. The number of carbonyl (C=O) groups excluding carboxylic acids is 1. The van der Waals surface area contributed by atoms with Crippen LogP contribution in [0.15, 0.2) is 20.9 Å². The molecule has 2 rings (SSSR count). The molecule has 0 bridgehead atoms. The summed E-state index contributed by atoms with van der Waals surface area (Å²) in [5.41, 5.74) is -0.633. The van der Waals surface area contributed by atoms with Gasteiger partial charge in [-0.1, -0.05) is 0 Å². The SMILES string of the molecule is CC1(C)N=C(c2cc(Br)cs2)NC1=O. The van der Waals surface area contributed by atoms with Crippen molar-refractivity contribution >= 4 is 39.0 Å². The summed E-state index contributed by atoms with van der Waals surface area (Å²) in [5, 5.41) is 4.74. The maximum Gasteiger partial charge on any atom is 0.252 e. The third-order valence-corrected chi connectivity index (χ3v) is 3.68. The Balaban J connectivity index is 2.35. The van der Waals surface area contributed by atoms with Crippen LogP contribution in [0.5, 0.6) is 0 Å². The van der Waals surface area contributed by atoms with Crippen LogP contribution in [-0.4, -0.2) is 17.3 Å². The Kier molecular flexibility index (Phi) is 2.23. The first-order valence-electron chi connectivity index (χ1n) is 4.15. The fourth-order valence-corrected chi connectivity index (χ4v) is 2.54. The van der Waals surface area contributed by atoms with Crippen molar-refractivity contribution in [2.45, 2.75) is 19.4 Å². The van der Waals surface area contributed by atoms with Crippen molar-refractivity contribution in [3.63, 3.8) is 0 Å². The number of amides is 1. The number of halogens is 1. The molecule has 74 valence electrons. The number of nitrogens with zero attached hydrogens (tertiary/aromatic N) is 1. The van der Waals surface area contributed by atoms with Gasteiger partial charge in [0, 0.05) is 9.85 Å². The molecule has 1 amide bonds. The van der Waals surface area contributed by atoms with E-state index >= 15 is 0 Å². The molecule has 2 heterocycles. The van der Waals surface area contributed by atoms with Gasteiger partial charge in [-0.2, -0.15) is 0 Å². The zero-order valence-electron chi connectivity index (χ0n) is 7.80. The minimum Gasteiger partial charge on any atom is -0.308 e. The summed E-state index contributed by atoms with van der Waals surface area (Å²) in [5.74, 6) is 0.632. The minimum absolute atomic E-state index is 0.0444. The van der Waals surface area contributed by atoms with Crippen LogP contribution in [-0.2, 0) is 4.79 Å². The van der Waals surface area contributed by atoms with Gasteiger partial charge in [0.25, 0.3) is 5.91 Å². The second-order valence-electron chi connectivity index (χ2n) is 3.60. The van der Waals surface area contributed by atoms with Crippen LogP contribution < -0.4 is 5.32 Å². The zero-order chi connectivity index (χ0) is 10.3. The molecular weight excluding hydrogens is 264 g/mol. The predicted molar refractivity (Wildman–Crippen MR) is 60.8 cm³/mol. The molecule has 0 radical (unpaired) electrons. The molecule has 0 aromatic carbocycles. The molecule has 0 aliphatic carbocycles. The van der Waals surface area contributed by atoms with Crippen LogP contribution >= 0.6 is 27.3 Å². The molecule has 0 fully saturated rings. The number of rotatable bonds is 1. The lowest BCUT2D eigenvalue weighted by Gasteiger charge is -2.07. The fraction of sp³-hybridized carbons (Fsp3) is 0.333. The van der Waals surface area contributed by atoms with E-state index in [9.17, 15) is 4.79 Å².